The second kappa shape index (κ2) is 3.87. The molecule has 0 saturated carbocycles. The number of carbonyl (C=O) groups is 1. The topological polar surface area (TPSA) is 104 Å². The van der Waals surface area contributed by atoms with Crippen LogP contribution in [0.2, 0.25) is 0 Å². The molecule has 1 aromatic rings. The van der Waals surface area contributed by atoms with Gasteiger partial charge < -0.3 is 4.98 Å². The number of imidazole rings is 1. The fraction of sp³-hybridized carbons (Fsp3) is 0.500. The summed E-state index contributed by atoms with van der Waals surface area (Å²) in [5, 5.41) is 2.94. The van der Waals surface area contributed by atoms with Crippen LogP contribution < -0.4 is 10.0 Å². The summed E-state index contributed by atoms with van der Waals surface area (Å²) < 4.78 is 23.7. The Morgan fingerprint density at radius 3 is 3.06 bits per heavy atom. The van der Waals surface area contributed by atoms with Crippen molar-refractivity contribution in [1.82, 2.24) is 20.0 Å². The van der Waals surface area contributed by atoms with Gasteiger partial charge in [0.05, 0.1) is 30.0 Å². The number of nitrogens with zero attached hydrogens (tertiary/aromatic N) is 1. The number of aromatic amines is 1. The fourth-order valence-electron chi connectivity index (χ4n) is 1.61. The van der Waals surface area contributed by atoms with Crippen LogP contribution in [0.15, 0.2) is 6.33 Å². The number of amides is 1. The van der Waals surface area contributed by atoms with Gasteiger partial charge in [0.15, 0.2) is 0 Å². The van der Waals surface area contributed by atoms with Gasteiger partial charge >= 0.3 is 0 Å². The first-order valence-electron chi connectivity index (χ1n) is 4.72. The lowest BCUT2D eigenvalue weighted by atomic mass is 10.1. The number of rotatable bonds is 2. The standard InChI is InChI=1S/C8H12N4O3S/c1-16(14,15)12-8(13)6-2-5-7(3-9-6)11-4-10-5/h4,6,9H,2-3H2,1H3,(H,10,11)(H,12,13). The number of nitrogens with one attached hydrogen (secondary N) is 3. The van der Waals surface area contributed by atoms with Crippen molar-refractivity contribution < 1.29 is 13.2 Å². The lowest BCUT2D eigenvalue weighted by Crippen LogP contribution is -2.49. The molecule has 1 aromatic heterocycles. The number of aromatic nitrogens is 2. The van der Waals surface area contributed by atoms with E-state index in [9.17, 15) is 13.2 Å². The number of hydrogen-bond acceptors (Lipinski definition) is 5. The van der Waals surface area contributed by atoms with Gasteiger partial charge in [0.2, 0.25) is 10.0 Å². The molecule has 0 fully saturated rings. The molecule has 88 valence electrons. The maximum atomic E-state index is 11.6. The van der Waals surface area contributed by atoms with Crippen LogP contribution in [-0.4, -0.2) is 36.6 Å². The third-order valence-electron chi connectivity index (χ3n) is 2.33. The van der Waals surface area contributed by atoms with Gasteiger partial charge in [-0.15, -0.1) is 0 Å². The maximum Gasteiger partial charge on any atom is 0.250 e. The Morgan fingerprint density at radius 2 is 2.38 bits per heavy atom. The van der Waals surface area contributed by atoms with Crippen molar-refractivity contribution >= 4 is 15.9 Å². The first kappa shape index (κ1) is 11.1. The monoisotopic (exact) mass is 244 g/mol. The van der Waals surface area contributed by atoms with E-state index in [1.165, 1.54) is 0 Å². The van der Waals surface area contributed by atoms with Crippen molar-refractivity contribution in [2.24, 2.45) is 0 Å². The van der Waals surface area contributed by atoms with Gasteiger partial charge in [-0.05, 0) is 0 Å². The average molecular weight is 244 g/mol. The molecule has 1 atom stereocenters. The van der Waals surface area contributed by atoms with E-state index in [0.717, 1.165) is 17.6 Å². The Balaban J connectivity index is 2.06. The van der Waals surface area contributed by atoms with Gasteiger partial charge in [-0.2, -0.15) is 0 Å². The Bertz CT molecular complexity index is 507. The zero-order valence-corrected chi connectivity index (χ0v) is 9.47. The summed E-state index contributed by atoms with van der Waals surface area (Å²) in [4.78, 5) is 18.6. The maximum absolute atomic E-state index is 11.6. The van der Waals surface area contributed by atoms with Crippen molar-refractivity contribution in [2.45, 2.75) is 19.0 Å². The van der Waals surface area contributed by atoms with Gasteiger partial charge in [-0.3, -0.25) is 14.8 Å². The Hall–Kier alpha value is -1.41. The normalized spacial score (nSPS) is 20.2. The molecule has 1 aliphatic heterocycles. The summed E-state index contributed by atoms with van der Waals surface area (Å²) in [5.74, 6) is -0.545. The van der Waals surface area contributed by atoms with Gasteiger partial charge in [0.25, 0.3) is 5.91 Å². The van der Waals surface area contributed by atoms with Crippen LogP contribution in [0.1, 0.15) is 11.4 Å². The van der Waals surface area contributed by atoms with E-state index in [4.69, 9.17) is 0 Å². The molecule has 0 saturated heterocycles. The summed E-state index contributed by atoms with van der Waals surface area (Å²) in [6.45, 7) is 0.483. The highest BCUT2D eigenvalue weighted by atomic mass is 32.2. The number of fused-ring (bicyclic) bond motifs is 1. The fourth-order valence-corrected chi connectivity index (χ4v) is 2.12. The first-order chi connectivity index (χ1) is 7.46. The highest BCUT2D eigenvalue weighted by Gasteiger charge is 2.27. The Morgan fingerprint density at radius 1 is 1.62 bits per heavy atom. The van der Waals surface area contributed by atoms with E-state index < -0.39 is 22.0 Å². The predicted octanol–water partition coefficient (Wildman–Crippen LogP) is -1.50. The molecular formula is C8H12N4O3S. The summed E-state index contributed by atoms with van der Waals surface area (Å²) in [5.41, 5.74) is 1.73. The van der Waals surface area contributed by atoms with Crippen LogP contribution in [0.4, 0.5) is 0 Å². The second-order valence-corrected chi connectivity index (χ2v) is 5.45. The molecule has 1 amide bonds. The molecule has 0 radical (unpaired) electrons. The third kappa shape index (κ3) is 2.39. The van der Waals surface area contributed by atoms with Gasteiger partial charge in [-0.25, -0.2) is 13.4 Å². The largest absolute Gasteiger partial charge is 0.347 e. The SMILES string of the molecule is CS(=O)(=O)NC(=O)C1Cc2nc[nH]c2CN1. The minimum absolute atomic E-state index is 0.389. The Kier molecular flexibility index (Phi) is 2.68. The third-order valence-corrected chi connectivity index (χ3v) is 2.90. The molecule has 0 bridgehead atoms. The quantitative estimate of drug-likeness (QED) is 0.587. The zero-order valence-electron chi connectivity index (χ0n) is 8.65. The second-order valence-electron chi connectivity index (χ2n) is 3.70. The van der Waals surface area contributed by atoms with Gasteiger partial charge in [-0.1, -0.05) is 0 Å². The minimum atomic E-state index is -3.50. The van der Waals surface area contributed by atoms with Crippen molar-refractivity contribution in [3.63, 3.8) is 0 Å². The molecule has 8 heteroatoms. The smallest absolute Gasteiger partial charge is 0.250 e. The zero-order chi connectivity index (χ0) is 11.8. The van der Waals surface area contributed by atoms with Gasteiger partial charge in [0, 0.05) is 13.0 Å². The number of sulfonamides is 1. The molecule has 2 heterocycles. The van der Waals surface area contributed by atoms with Crippen molar-refractivity contribution in [3.05, 3.63) is 17.7 Å². The molecule has 2 rings (SSSR count). The van der Waals surface area contributed by atoms with Crippen LogP contribution in [0.25, 0.3) is 0 Å². The van der Waals surface area contributed by atoms with Crippen molar-refractivity contribution in [3.8, 4) is 0 Å². The molecule has 3 N–H and O–H groups in total. The minimum Gasteiger partial charge on any atom is -0.347 e. The van der Waals surface area contributed by atoms with Gasteiger partial charge in [0.1, 0.15) is 0 Å². The lowest BCUT2D eigenvalue weighted by Gasteiger charge is -2.21. The molecule has 1 unspecified atom stereocenters. The predicted molar refractivity (Wildman–Crippen MR) is 55.9 cm³/mol. The van der Waals surface area contributed by atoms with E-state index in [2.05, 4.69) is 15.3 Å². The number of hydrogen-bond donors (Lipinski definition) is 3. The van der Waals surface area contributed by atoms with Crippen LogP contribution in [0.3, 0.4) is 0 Å². The lowest BCUT2D eigenvalue weighted by molar-refractivity contribution is -0.121. The van der Waals surface area contributed by atoms with Crippen LogP contribution in [0.5, 0.6) is 0 Å². The summed E-state index contributed by atoms with van der Waals surface area (Å²) in [6.07, 6.45) is 2.90. The van der Waals surface area contributed by atoms with E-state index in [0.29, 0.717) is 13.0 Å². The molecule has 0 aromatic carbocycles. The van der Waals surface area contributed by atoms with E-state index >= 15 is 0 Å². The Labute approximate surface area is 92.7 Å². The van der Waals surface area contributed by atoms with Crippen molar-refractivity contribution in [1.29, 1.82) is 0 Å². The van der Waals surface area contributed by atoms with Crippen LogP contribution in [0, 0.1) is 0 Å². The molecule has 7 nitrogen and oxygen atoms in total. The van der Waals surface area contributed by atoms with Crippen molar-refractivity contribution in [2.75, 3.05) is 6.26 Å². The average Bonchev–Trinajstić information content (AvgIpc) is 2.61. The molecule has 0 spiro atoms. The summed E-state index contributed by atoms with van der Waals surface area (Å²) in [6, 6.07) is -0.550. The highest BCUT2D eigenvalue weighted by molar-refractivity contribution is 7.89. The molecular weight excluding hydrogens is 232 g/mol. The van der Waals surface area contributed by atoms with Crippen LogP contribution >= 0.6 is 0 Å². The van der Waals surface area contributed by atoms with E-state index in [1.54, 1.807) is 6.33 Å². The highest BCUT2D eigenvalue weighted by Crippen LogP contribution is 2.12. The summed E-state index contributed by atoms with van der Waals surface area (Å²) in [7, 11) is -3.50. The van der Waals surface area contributed by atoms with E-state index in [1.807, 2.05) is 4.72 Å². The first-order valence-corrected chi connectivity index (χ1v) is 6.61. The molecule has 16 heavy (non-hydrogen) atoms. The number of H-pyrrole nitrogens is 1. The molecule has 1 aliphatic rings. The number of carbonyl (C=O) groups excluding carboxylic acids is 1. The molecule has 0 aliphatic carbocycles. The summed E-state index contributed by atoms with van der Waals surface area (Å²) >= 11 is 0. The van der Waals surface area contributed by atoms with Crippen LogP contribution in [-0.2, 0) is 27.8 Å². The van der Waals surface area contributed by atoms with E-state index in [-0.39, 0.29) is 0 Å².